The minimum Gasteiger partial charge on any atom is -0.448 e. The summed E-state index contributed by atoms with van der Waals surface area (Å²) in [5.74, 6) is -0.956. The molecule has 2 aliphatic rings. The minimum atomic E-state index is -1.24. The molecule has 5 heteroatoms. The predicted octanol–water partition coefficient (Wildman–Crippen LogP) is 2.85. The highest BCUT2D eigenvalue weighted by Gasteiger charge is 2.43. The number of carbonyl (C=O) groups excluding carboxylic acids is 2. The van der Waals surface area contributed by atoms with E-state index in [-0.39, 0.29) is 23.7 Å². The minimum absolute atomic E-state index is 0.0772. The quantitative estimate of drug-likeness (QED) is 0.399. The number of Topliss-reactive ketones (excluding diaryl/α,β-unsaturated/α-hetero) is 1. The van der Waals surface area contributed by atoms with E-state index in [9.17, 15) is 19.8 Å². The van der Waals surface area contributed by atoms with Crippen molar-refractivity contribution >= 4 is 11.8 Å². The summed E-state index contributed by atoms with van der Waals surface area (Å²) in [4.78, 5) is 25.0. The first kappa shape index (κ1) is 19.9. The lowest BCUT2D eigenvalue weighted by Gasteiger charge is -2.31. The van der Waals surface area contributed by atoms with Crippen LogP contribution in [0.4, 0.5) is 0 Å². The van der Waals surface area contributed by atoms with Crippen LogP contribution in [0.3, 0.4) is 0 Å². The van der Waals surface area contributed by atoms with Gasteiger partial charge in [0.05, 0.1) is 11.7 Å². The Morgan fingerprint density at radius 2 is 1.92 bits per heavy atom. The molecule has 0 aromatic heterocycles. The second-order valence-corrected chi connectivity index (χ2v) is 8.00. The van der Waals surface area contributed by atoms with E-state index >= 15 is 0 Å². The van der Waals surface area contributed by atoms with Gasteiger partial charge in [-0.1, -0.05) is 18.2 Å². The molecule has 140 valence electrons. The summed E-state index contributed by atoms with van der Waals surface area (Å²) >= 11 is 0. The van der Waals surface area contributed by atoms with Crippen molar-refractivity contribution in [1.82, 2.24) is 0 Å². The van der Waals surface area contributed by atoms with E-state index < -0.39 is 23.3 Å². The third-order valence-electron chi connectivity index (χ3n) is 5.75. The molecule has 1 aliphatic carbocycles. The van der Waals surface area contributed by atoms with Crippen LogP contribution in [0.25, 0.3) is 0 Å². The van der Waals surface area contributed by atoms with Crippen LogP contribution in [-0.2, 0) is 14.3 Å². The maximum Gasteiger partial charge on any atom is 0.334 e. The van der Waals surface area contributed by atoms with Crippen molar-refractivity contribution in [2.75, 3.05) is 0 Å². The van der Waals surface area contributed by atoms with E-state index in [2.05, 4.69) is 6.58 Å². The van der Waals surface area contributed by atoms with Gasteiger partial charge in [-0.25, -0.2) is 4.79 Å². The van der Waals surface area contributed by atoms with E-state index in [1.807, 2.05) is 13.0 Å². The highest BCUT2D eigenvalue weighted by Crippen LogP contribution is 2.36. The van der Waals surface area contributed by atoms with Crippen molar-refractivity contribution in [1.29, 1.82) is 0 Å². The molecule has 0 radical (unpaired) electrons. The molecule has 1 aliphatic heterocycles. The molecular formula is C20H30O5. The molecular weight excluding hydrogens is 320 g/mol. The number of rotatable bonds is 0. The van der Waals surface area contributed by atoms with Gasteiger partial charge in [-0.05, 0) is 65.2 Å². The second kappa shape index (κ2) is 7.42. The number of allylic oxidation sites excluding steroid dienone is 2. The zero-order valence-electron chi connectivity index (χ0n) is 15.5. The van der Waals surface area contributed by atoms with E-state index in [1.165, 1.54) is 0 Å². The third kappa shape index (κ3) is 4.59. The Kier molecular flexibility index (Phi) is 5.89. The van der Waals surface area contributed by atoms with Crippen molar-refractivity contribution in [2.45, 2.75) is 83.0 Å². The highest BCUT2D eigenvalue weighted by molar-refractivity contribution is 5.94. The summed E-state index contributed by atoms with van der Waals surface area (Å²) in [6.45, 7) is 9.06. The fraction of sp³-hybridized carbons (Fsp3) is 0.700. The van der Waals surface area contributed by atoms with E-state index in [0.717, 1.165) is 5.57 Å². The Balaban J connectivity index is 2.34. The number of hydrogen-bond donors (Lipinski definition) is 2. The summed E-state index contributed by atoms with van der Waals surface area (Å²) in [6.07, 6.45) is 4.15. The van der Waals surface area contributed by atoms with Gasteiger partial charge in [0, 0.05) is 12.0 Å². The number of aliphatic hydroxyl groups is 2. The SMILES string of the molecule is C=C1C(=O)OC2(C)CCC1CC(O)C(C)(O)CCC=C(C)CCC2=O. The van der Waals surface area contributed by atoms with Crippen molar-refractivity contribution in [3.05, 3.63) is 23.8 Å². The number of fused-ring (bicyclic) bond motifs is 3. The van der Waals surface area contributed by atoms with Crippen molar-refractivity contribution in [2.24, 2.45) is 5.92 Å². The summed E-state index contributed by atoms with van der Waals surface area (Å²) in [6, 6.07) is 0. The first-order chi connectivity index (χ1) is 11.5. The van der Waals surface area contributed by atoms with Gasteiger partial charge >= 0.3 is 5.97 Å². The van der Waals surface area contributed by atoms with Crippen LogP contribution >= 0.6 is 0 Å². The Hall–Kier alpha value is -1.46. The molecule has 0 saturated carbocycles. The highest BCUT2D eigenvalue weighted by atomic mass is 16.6. The smallest absolute Gasteiger partial charge is 0.334 e. The summed E-state index contributed by atoms with van der Waals surface area (Å²) in [7, 11) is 0. The molecule has 0 aromatic rings. The molecule has 25 heavy (non-hydrogen) atoms. The van der Waals surface area contributed by atoms with E-state index in [4.69, 9.17) is 4.74 Å². The van der Waals surface area contributed by atoms with Crippen molar-refractivity contribution in [3.63, 3.8) is 0 Å². The van der Waals surface area contributed by atoms with Crippen LogP contribution in [0.15, 0.2) is 23.8 Å². The third-order valence-corrected chi connectivity index (χ3v) is 5.75. The Labute approximate surface area is 149 Å². The molecule has 4 unspecified atom stereocenters. The van der Waals surface area contributed by atoms with Gasteiger partial charge in [0.1, 0.15) is 0 Å². The van der Waals surface area contributed by atoms with E-state index in [0.29, 0.717) is 38.5 Å². The van der Waals surface area contributed by atoms with Gasteiger partial charge in [0.25, 0.3) is 0 Å². The molecule has 0 amide bonds. The number of hydrogen-bond acceptors (Lipinski definition) is 5. The molecule has 1 heterocycles. The number of ether oxygens (including phenoxy) is 1. The lowest BCUT2D eigenvalue weighted by Crippen LogP contribution is -2.40. The molecule has 2 N–H and O–H groups in total. The van der Waals surface area contributed by atoms with E-state index in [1.54, 1.807) is 13.8 Å². The van der Waals surface area contributed by atoms with Gasteiger partial charge in [-0.15, -0.1) is 0 Å². The average molecular weight is 350 g/mol. The van der Waals surface area contributed by atoms with Crippen LogP contribution in [0.5, 0.6) is 0 Å². The van der Waals surface area contributed by atoms with Crippen molar-refractivity contribution in [3.8, 4) is 0 Å². The second-order valence-electron chi connectivity index (χ2n) is 8.00. The molecule has 1 fully saturated rings. The molecule has 2 rings (SSSR count). The molecule has 1 saturated heterocycles. The maximum atomic E-state index is 12.7. The number of ketones is 1. The Morgan fingerprint density at radius 1 is 1.24 bits per heavy atom. The summed E-state index contributed by atoms with van der Waals surface area (Å²) in [5, 5.41) is 21.1. The topological polar surface area (TPSA) is 83.8 Å². The van der Waals surface area contributed by atoms with Crippen molar-refractivity contribution < 1.29 is 24.5 Å². The summed E-state index contributed by atoms with van der Waals surface area (Å²) < 4.78 is 5.50. The Morgan fingerprint density at radius 3 is 2.60 bits per heavy atom. The average Bonchev–Trinajstić information content (AvgIpc) is 2.64. The fourth-order valence-electron chi connectivity index (χ4n) is 3.55. The van der Waals surface area contributed by atoms with Gasteiger partial charge in [0.15, 0.2) is 11.4 Å². The lowest BCUT2D eigenvalue weighted by molar-refractivity contribution is -0.161. The zero-order chi connectivity index (χ0) is 18.8. The normalized spacial score (nSPS) is 38.6. The molecule has 5 nitrogen and oxygen atoms in total. The maximum absolute atomic E-state index is 12.7. The molecule has 2 bridgehead atoms. The van der Waals surface area contributed by atoms with Crippen LogP contribution < -0.4 is 0 Å². The first-order valence-corrected chi connectivity index (χ1v) is 9.07. The molecule has 0 aromatic carbocycles. The lowest BCUT2D eigenvalue weighted by atomic mass is 9.80. The zero-order valence-corrected chi connectivity index (χ0v) is 15.5. The van der Waals surface area contributed by atoms with Gasteiger partial charge in [-0.2, -0.15) is 0 Å². The van der Waals surface area contributed by atoms with Gasteiger partial charge < -0.3 is 14.9 Å². The predicted molar refractivity (Wildman–Crippen MR) is 94.8 cm³/mol. The fourth-order valence-corrected chi connectivity index (χ4v) is 3.55. The number of aliphatic hydroxyl groups excluding tert-OH is 1. The largest absolute Gasteiger partial charge is 0.448 e. The van der Waals surface area contributed by atoms with Gasteiger partial charge in [-0.3, -0.25) is 4.79 Å². The monoisotopic (exact) mass is 350 g/mol. The van der Waals surface area contributed by atoms with Crippen LogP contribution in [-0.4, -0.2) is 39.3 Å². The Bertz CT molecular complexity index is 589. The number of carbonyl (C=O) groups is 2. The van der Waals surface area contributed by atoms with Crippen LogP contribution in [0, 0.1) is 5.92 Å². The standard InChI is InChI=1S/C20H30O5/c1-13-6-5-10-19(3,24)17(22)12-15-9-11-20(4,16(21)8-7-13)25-18(23)14(15)2/h6,15,17,22,24H,2,5,7-12H2,1,3-4H3. The number of esters is 1. The van der Waals surface area contributed by atoms with Crippen LogP contribution in [0.2, 0.25) is 0 Å². The first-order valence-electron chi connectivity index (χ1n) is 9.07. The molecule has 4 atom stereocenters. The summed E-state index contributed by atoms with van der Waals surface area (Å²) in [5.41, 5.74) is -1.06. The van der Waals surface area contributed by atoms with Gasteiger partial charge in [0.2, 0.25) is 0 Å². The molecule has 0 spiro atoms. The van der Waals surface area contributed by atoms with Crippen LogP contribution in [0.1, 0.15) is 65.7 Å².